The Kier molecular flexibility index (Phi) is 3.46. The van der Waals surface area contributed by atoms with E-state index in [2.05, 4.69) is 21.2 Å². The fourth-order valence-corrected chi connectivity index (χ4v) is 1.45. The molecule has 1 aromatic carbocycles. The molecule has 76 valence electrons. The number of benzene rings is 1. The van der Waals surface area contributed by atoms with Crippen molar-refractivity contribution in [2.45, 2.75) is 6.92 Å². The summed E-state index contributed by atoms with van der Waals surface area (Å²) >= 11 is 3.13. The van der Waals surface area contributed by atoms with Gasteiger partial charge in [-0.05, 0) is 22.0 Å². The van der Waals surface area contributed by atoms with Gasteiger partial charge in [0.2, 0.25) is 5.91 Å². The third kappa shape index (κ3) is 2.45. The summed E-state index contributed by atoms with van der Waals surface area (Å²) in [6.07, 6.45) is 0. The minimum absolute atomic E-state index is 0.109. The van der Waals surface area contributed by atoms with Crippen LogP contribution in [0.1, 0.15) is 6.92 Å². The number of methoxy groups -OCH3 is 1. The molecule has 0 aromatic heterocycles. The second-order valence-corrected chi connectivity index (χ2v) is 3.50. The first kappa shape index (κ1) is 11.0. The van der Waals surface area contributed by atoms with Crippen LogP contribution >= 0.6 is 15.9 Å². The van der Waals surface area contributed by atoms with Crippen LogP contribution in [0.2, 0.25) is 0 Å². The van der Waals surface area contributed by atoms with Gasteiger partial charge in [0.1, 0.15) is 11.6 Å². The van der Waals surface area contributed by atoms with E-state index in [0.29, 0.717) is 10.2 Å². The fourth-order valence-electron chi connectivity index (χ4n) is 0.971. The van der Waals surface area contributed by atoms with Crippen LogP contribution in [0.25, 0.3) is 0 Å². The van der Waals surface area contributed by atoms with Crippen LogP contribution in [0.4, 0.5) is 10.1 Å². The van der Waals surface area contributed by atoms with Crippen molar-refractivity contribution in [2.75, 3.05) is 12.4 Å². The highest BCUT2D eigenvalue weighted by Gasteiger charge is 2.09. The van der Waals surface area contributed by atoms with Crippen molar-refractivity contribution < 1.29 is 13.9 Å². The molecule has 1 amide bonds. The molecule has 1 N–H and O–H groups in total. The van der Waals surface area contributed by atoms with Crippen molar-refractivity contribution in [3.63, 3.8) is 0 Å². The zero-order chi connectivity index (χ0) is 10.7. The van der Waals surface area contributed by atoms with E-state index in [1.165, 1.54) is 26.2 Å². The molecule has 0 aliphatic rings. The summed E-state index contributed by atoms with van der Waals surface area (Å²) in [5.41, 5.74) is 0.109. The first-order valence-electron chi connectivity index (χ1n) is 3.85. The molecule has 3 nitrogen and oxygen atoms in total. The van der Waals surface area contributed by atoms with Crippen LogP contribution in [0, 0.1) is 5.82 Å². The van der Waals surface area contributed by atoms with Crippen molar-refractivity contribution in [3.05, 3.63) is 22.4 Å². The highest BCUT2D eigenvalue weighted by atomic mass is 79.9. The van der Waals surface area contributed by atoms with E-state index in [1.807, 2.05) is 0 Å². The Morgan fingerprint density at radius 3 is 2.71 bits per heavy atom. The second kappa shape index (κ2) is 4.41. The second-order valence-electron chi connectivity index (χ2n) is 2.65. The molecule has 1 rings (SSSR count). The number of anilines is 1. The third-order valence-electron chi connectivity index (χ3n) is 1.55. The van der Waals surface area contributed by atoms with Gasteiger partial charge < -0.3 is 10.1 Å². The highest BCUT2D eigenvalue weighted by Crippen LogP contribution is 2.30. The van der Waals surface area contributed by atoms with E-state index in [4.69, 9.17) is 4.74 Å². The van der Waals surface area contributed by atoms with Gasteiger partial charge in [-0.15, -0.1) is 0 Å². The summed E-state index contributed by atoms with van der Waals surface area (Å²) in [7, 11) is 1.47. The van der Waals surface area contributed by atoms with Gasteiger partial charge in [0.05, 0.1) is 17.3 Å². The fraction of sp³-hybridized carbons (Fsp3) is 0.222. The molecule has 0 heterocycles. The number of nitrogens with one attached hydrogen (secondary N) is 1. The van der Waals surface area contributed by atoms with Crippen molar-refractivity contribution in [1.82, 2.24) is 0 Å². The van der Waals surface area contributed by atoms with Gasteiger partial charge >= 0.3 is 0 Å². The molecular formula is C9H9BrFNO2. The molecule has 0 saturated carbocycles. The molecule has 0 fully saturated rings. The van der Waals surface area contributed by atoms with Crippen LogP contribution in [0.15, 0.2) is 16.6 Å². The normalized spacial score (nSPS) is 9.71. The summed E-state index contributed by atoms with van der Waals surface area (Å²) < 4.78 is 18.7. The molecule has 0 bridgehead atoms. The maximum atomic E-state index is 13.2. The van der Waals surface area contributed by atoms with Gasteiger partial charge in [0.25, 0.3) is 0 Å². The summed E-state index contributed by atoms with van der Waals surface area (Å²) in [6.45, 7) is 1.31. The van der Waals surface area contributed by atoms with Gasteiger partial charge in [0.15, 0.2) is 0 Å². The molecule has 0 aliphatic heterocycles. The molecule has 0 atom stereocenters. The van der Waals surface area contributed by atoms with Crippen molar-refractivity contribution >= 4 is 27.5 Å². The lowest BCUT2D eigenvalue weighted by atomic mass is 10.3. The quantitative estimate of drug-likeness (QED) is 0.889. The Hall–Kier alpha value is -1.10. The number of rotatable bonds is 2. The van der Waals surface area contributed by atoms with Crippen LogP contribution in [0.3, 0.4) is 0 Å². The average Bonchev–Trinajstić information content (AvgIpc) is 2.09. The Bertz CT molecular complexity index is 368. The number of carbonyl (C=O) groups is 1. The SMILES string of the molecule is COc1cc(NC(C)=O)c(F)cc1Br. The molecule has 5 heteroatoms. The number of carbonyl (C=O) groups excluding carboxylic acids is 1. The van der Waals surface area contributed by atoms with E-state index >= 15 is 0 Å². The van der Waals surface area contributed by atoms with Gasteiger partial charge in [-0.1, -0.05) is 0 Å². The number of halogens is 2. The summed E-state index contributed by atoms with van der Waals surface area (Å²) in [4.78, 5) is 10.7. The highest BCUT2D eigenvalue weighted by molar-refractivity contribution is 9.10. The Balaban J connectivity index is 3.10. The summed E-state index contributed by atoms with van der Waals surface area (Å²) in [5.74, 6) is -0.365. The molecule has 0 aliphatic carbocycles. The maximum Gasteiger partial charge on any atom is 0.221 e. The number of hydrogen-bond donors (Lipinski definition) is 1. The zero-order valence-electron chi connectivity index (χ0n) is 7.73. The lowest BCUT2D eigenvalue weighted by Gasteiger charge is -2.08. The Morgan fingerprint density at radius 1 is 1.57 bits per heavy atom. The van der Waals surface area contributed by atoms with Gasteiger partial charge in [-0.3, -0.25) is 4.79 Å². The van der Waals surface area contributed by atoms with Crippen molar-refractivity contribution in [3.8, 4) is 5.75 Å². The van der Waals surface area contributed by atoms with Gasteiger partial charge in [-0.25, -0.2) is 4.39 Å². The summed E-state index contributed by atoms with van der Waals surface area (Å²) in [5, 5.41) is 2.36. The number of amides is 1. The monoisotopic (exact) mass is 261 g/mol. The molecule has 0 radical (unpaired) electrons. The topological polar surface area (TPSA) is 38.3 Å². The smallest absolute Gasteiger partial charge is 0.221 e. The van der Waals surface area contributed by atoms with E-state index < -0.39 is 5.82 Å². The zero-order valence-corrected chi connectivity index (χ0v) is 9.31. The predicted molar refractivity (Wildman–Crippen MR) is 55.0 cm³/mol. The molecule has 1 aromatic rings. The first-order valence-corrected chi connectivity index (χ1v) is 4.64. The Morgan fingerprint density at radius 2 is 2.21 bits per heavy atom. The largest absolute Gasteiger partial charge is 0.495 e. The van der Waals surface area contributed by atoms with Crippen LogP contribution in [-0.4, -0.2) is 13.0 Å². The van der Waals surface area contributed by atoms with Crippen LogP contribution in [-0.2, 0) is 4.79 Å². The lowest BCUT2D eigenvalue weighted by Crippen LogP contribution is -2.07. The predicted octanol–water partition coefficient (Wildman–Crippen LogP) is 2.56. The molecular weight excluding hydrogens is 253 g/mol. The molecule has 14 heavy (non-hydrogen) atoms. The van der Waals surface area contributed by atoms with Gasteiger partial charge in [0, 0.05) is 13.0 Å². The van der Waals surface area contributed by atoms with Gasteiger partial charge in [-0.2, -0.15) is 0 Å². The maximum absolute atomic E-state index is 13.2. The van der Waals surface area contributed by atoms with Crippen LogP contribution < -0.4 is 10.1 Å². The number of hydrogen-bond acceptors (Lipinski definition) is 2. The van der Waals surface area contributed by atoms with E-state index in [9.17, 15) is 9.18 Å². The van der Waals surface area contributed by atoms with Crippen molar-refractivity contribution in [2.24, 2.45) is 0 Å². The molecule has 0 spiro atoms. The average molecular weight is 262 g/mol. The standard InChI is InChI=1S/C9H9BrFNO2/c1-5(13)12-8-4-9(14-2)6(10)3-7(8)11/h3-4H,1-2H3,(H,12,13). The van der Waals surface area contributed by atoms with E-state index in [1.54, 1.807) is 0 Å². The van der Waals surface area contributed by atoms with E-state index in [-0.39, 0.29) is 11.6 Å². The van der Waals surface area contributed by atoms with Crippen molar-refractivity contribution in [1.29, 1.82) is 0 Å². The minimum atomic E-state index is -0.507. The third-order valence-corrected chi connectivity index (χ3v) is 2.17. The molecule has 0 unspecified atom stereocenters. The van der Waals surface area contributed by atoms with E-state index in [0.717, 1.165) is 0 Å². The minimum Gasteiger partial charge on any atom is -0.495 e. The lowest BCUT2D eigenvalue weighted by molar-refractivity contribution is -0.114. The van der Waals surface area contributed by atoms with Crippen LogP contribution in [0.5, 0.6) is 5.75 Å². The first-order chi connectivity index (χ1) is 6.54. The Labute approximate surface area is 89.4 Å². The number of ether oxygens (including phenoxy) is 1. The molecule has 0 saturated heterocycles. The summed E-state index contributed by atoms with van der Waals surface area (Å²) in [6, 6.07) is 2.66.